The van der Waals surface area contributed by atoms with Gasteiger partial charge in [-0.15, -0.1) is 0 Å². The second-order valence-corrected chi connectivity index (χ2v) is 6.16. The van der Waals surface area contributed by atoms with Crippen molar-refractivity contribution < 1.29 is 9.53 Å². The molecule has 3 rings (SSSR count). The number of nitrogens with one attached hydrogen (secondary N) is 4. The minimum absolute atomic E-state index is 0.0557. The third kappa shape index (κ3) is 3.73. The Hall–Kier alpha value is -2.41. The van der Waals surface area contributed by atoms with Crippen molar-refractivity contribution in [1.29, 1.82) is 0 Å². The number of hydrogen-bond donors (Lipinski definition) is 5. The van der Waals surface area contributed by atoms with Crippen LogP contribution in [0.1, 0.15) is 31.2 Å². The van der Waals surface area contributed by atoms with Gasteiger partial charge >= 0.3 is 6.09 Å². The molecule has 0 radical (unpaired) electrons. The molecular weight excluding hydrogens is 306 g/mol. The molecule has 1 aromatic carbocycles. The maximum atomic E-state index is 11.4. The molecular formula is C17H25N5O2. The number of rotatable bonds is 1. The number of benzene rings is 1. The zero-order valence-corrected chi connectivity index (χ0v) is 13.9. The van der Waals surface area contributed by atoms with Crippen LogP contribution >= 0.6 is 0 Å². The maximum Gasteiger partial charge on any atom is 0.411 e. The van der Waals surface area contributed by atoms with Crippen LogP contribution in [0.4, 0.5) is 16.2 Å². The molecule has 130 valence electrons. The number of ether oxygens (including phenoxy) is 1. The van der Waals surface area contributed by atoms with Crippen molar-refractivity contribution in [3.05, 3.63) is 30.0 Å². The third-order valence-corrected chi connectivity index (χ3v) is 4.42. The highest BCUT2D eigenvalue weighted by Crippen LogP contribution is 2.28. The van der Waals surface area contributed by atoms with Gasteiger partial charge in [0.2, 0.25) is 0 Å². The molecule has 1 aromatic rings. The van der Waals surface area contributed by atoms with Crippen molar-refractivity contribution in [2.24, 2.45) is 5.73 Å². The lowest BCUT2D eigenvalue weighted by molar-refractivity contribution is 0.187. The van der Waals surface area contributed by atoms with Gasteiger partial charge in [0.25, 0.3) is 0 Å². The zero-order valence-electron chi connectivity index (χ0n) is 13.9. The van der Waals surface area contributed by atoms with Gasteiger partial charge < -0.3 is 26.4 Å². The lowest BCUT2D eigenvalue weighted by atomic mass is 10.0. The quantitative estimate of drug-likeness (QED) is 0.540. The summed E-state index contributed by atoms with van der Waals surface area (Å²) >= 11 is 0. The smallest absolute Gasteiger partial charge is 0.411 e. The second kappa shape index (κ2) is 7.44. The molecule has 0 aromatic heterocycles. The number of methoxy groups -OCH3 is 1. The Kier molecular flexibility index (Phi) is 5.10. The first-order valence-electron chi connectivity index (χ1n) is 8.39. The van der Waals surface area contributed by atoms with Gasteiger partial charge in [0, 0.05) is 35.7 Å². The Morgan fingerprint density at radius 3 is 3.04 bits per heavy atom. The van der Waals surface area contributed by atoms with Gasteiger partial charge in [0.05, 0.1) is 12.8 Å². The number of carbonyl (C=O) groups is 1. The van der Waals surface area contributed by atoms with E-state index in [1.165, 1.54) is 7.11 Å². The third-order valence-electron chi connectivity index (χ3n) is 4.42. The molecule has 1 amide bonds. The molecule has 24 heavy (non-hydrogen) atoms. The van der Waals surface area contributed by atoms with Crippen LogP contribution in [0, 0.1) is 0 Å². The van der Waals surface area contributed by atoms with E-state index in [0.29, 0.717) is 5.69 Å². The van der Waals surface area contributed by atoms with Crippen LogP contribution in [-0.4, -0.2) is 32.0 Å². The molecule has 7 heteroatoms. The molecule has 2 bridgehead atoms. The van der Waals surface area contributed by atoms with Gasteiger partial charge in [-0.05, 0) is 31.0 Å². The Labute approximate surface area is 142 Å². The van der Waals surface area contributed by atoms with E-state index in [1.807, 2.05) is 24.4 Å². The Balaban J connectivity index is 1.86. The van der Waals surface area contributed by atoms with Crippen molar-refractivity contribution in [2.45, 2.75) is 37.9 Å². The molecule has 2 aliphatic rings. The molecule has 6 N–H and O–H groups in total. The van der Waals surface area contributed by atoms with Crippen LogP contribution in [0.3, 0.4) is 0 Å². The lowest BCUT2D eigenvalue weighted by Gasteiger charge is -2.23. The van der Waals surface area contributed by atoms with E-state index in [-0.39, 0.29) is 12.2 Å². The summed E-state index contributed by atoms with van der Waals surface area (Å²) in [6.07, 6.45) is 5.90. The molecule has 0 fully saturated rings. The first kappa shape index (κ1) is 16.4. The SMILES string of the molecule is COC(=O)Nc1ccc2c(c1)NCCCCC[C@H](N)C1NC=C2N1. The van der Waals surface area contributed by atoms with E-state index < -0.39 is 6.09 Å². The molecule has 2 atom stereocenters. The molecule has 0 aliphatic carbocycles. The number of anilines is 2. The van der Waals surface area contributed by atoms with Crippen molar-refractivity contribution in [3.63, 3.8) is 0 Å². The molecule has 2 aliphatic heterocycles. The van der Waals surface area contributed by atoms with Crippen molar-refractivity contribution in [3.8, 4) is 0 Å². The van der Waals surface area contributed by atoms with Gasteiger partial charge in [0.1, 0.15) is 6.17 Å². The monoisotopic (exact) mass is 331 g/mol. The van der Waals surface area contributed by atoms with Gasteiger partial charge in [-0.1, -0.05) is 12.8 Å². The highest BCUT2D eigenvalue weighted by atomic mass is 16.5. The van der Waals surface area contributed by atoms with Crippen LogP contribution in [0.5, 0.6) is 0 Å². The van der Waals surface area contributed by atoms with Gasteiger partial charge in [-0.25, -0.2) is 4.79 Å². The van der Waals surface area contributed by atoms with Crippen LogP contribution in [0.25, 0.3) is 5.70 Å². The van der Waals surface area contributed by atoms with Crippen molar-refractivity contribution in [2.75, 3.05) is 24.3 Å². The molecule has 0 saturated heterocycles. The Morgan fingerprint density at radius 2 is 2.21 bits per heavy atom. The van der Waals surface area contributed by atoms with Crippen molar-refractivity contribution >= 4 is 23.2 Å². The van der Waals surface area contributed by atoms with Crippen LogP contribution in [-0.2, 0) is 4.74 Å². The number of hydrogen-bond acceptors (Lipinski definition) is 6. The van der Waals surface area contributed by atoms with E-state index in [0.717, 1.165) is 49.2 Å². The topological polar surface area (TPSA) is 100 Å². The van der Waals surface area contributed by atoms with E-state index >= 15 is 0 Å². The second-order valence-electron chi connectivity index (χ2n) is 6.16. The zero-order chi connectivity index (χ0) is 16.9. The minimum atomic E-state index is -0.478. The highest BCUT2D eigenvalue weighted by molar-refractivity contribution is 5.87. The van der Waals surface area contributed by atoms with E-state index in [2.05, 4.69) is 26.0 Å². The molecule has 7 nitrogen and oxygen atoms in total. The van der Waals surface area contributed by atoms with Gasteiger partial charge in [-0.3, -0.25) is 5.32 Å². The van der Waals surface area contributed by atoms with E-state index in [4.69, 9.17) is 5.73 Å². The number of carbonyl (C=O) groups excluding carboxylic acids is 1. The molecule has 0 spiro atoms. The summed E-state index contributed by atoms with van der Waals surface area (Å²) in [5.41, 5.74) is 9.99. The van der Waals surface area contributed by atoms with E-state index in [1.54, 1.807) is 0 Å². The first-order valence-corrected chi connectivity index (χ1v) is 8.39. The molecule has 0 saturated carbocycles. The van der Waals surface area contributed by atoms with Crippen molar-refractivity contribution in [1.82, 2.24) is 10.6 Å². The predicted octanol–water partition coefficient (Wildman–Crippen LogP) is 2.00. The summed E-state index contributed by atoms with van der Waals surface area (Å²) in [6, 6.07) is 5.84. The number of amides is 1. The molecule has 2 heterocycles. The molecule has 1 unspecified atom stereocenters. The summed E-state index contributed by atoms with van der Waals surface area (Å²) in [7, 11) is 1.35. The average Bonchev–Trinajstić information content (AvgIpc) is 3.07. The van der Waals surface area contributed by atoms with Gasteiger partial charge in [-0.2, -0.15) is 0 Å². The van der Waals surface area contributed by atoms with Crippen LogP contribution < -0.4 is 27.0 Å². The average molecular weight is 331 g/mol. The van der Waals surface area contributed by atoms with Gasteiger partial charge in [0.15, 0.2) is 0 Å². The number of fused-ring (bicyclic) bond motifs is 4. The predicted molar refractivity (Wildman–Crippen MR) is 95.4 cm³/mol. The summed E-state index contributed by atoms with van der Waals surface area (Å²) in [5, 5.41) is 13.0. The lowest BCUT2D eigenvalue weighted by Crippen LogP contribution is -2.48. The fraction of sp³-hybridized carbons (Fsp3) is 0.471. The van der Waals surface area contributed by atoms with Crippen LogP contribution in [0.15, 0.2) is 24.4 Å². The highest BCUT2D eigenvalue weighted by Gasteiger charge is 2.24. The Bertz CT molecular complexity index is 631. The van der Waals surface area contributed by atoms with E-state index in [9.17, 15) is 4.79 Å². The largest absolute Gasteiger partial charge is 0.453 e. The Morgan fingerprint density at radius 1 is 1.33 bits per heavy atom. The summed E-state index contributed by atoms with van der Waals surface area (Å²) in [5.74, 6) is 0. The summed E-state index contributed by atoms with van der Waals surface area (Å²) in [6.45, 7) is 0.883. The fourth-order valence-corrected chi connectivity index (χ4v) is 3.05. The summed E-state index contributed by atoms with van der Waals surface area (Å²) < 4.78 is 4.65. The van der Waals surface area contributed by atoms with Crippen LogP contribution in [0.2, 0.25) is 0 Å². The standard InChI is InChI=1S/C17H25N5O2/c1-24-17(23)21-11-6-7-12-14(9-11)19-8-4-2-3-5-13(18)16-20-10-15(12)22-16/h6-7,9-10,13,16,19-20,22H,2-5,8,18H2,1H3,(H,21,23)/t13-,16?/m0/s1. The normalized spacial score (nSPS) is 23.2. The fourth-order valence-electron chi connectivity index (χ4n) is 3.05. The maximum absolute atomic E-state index is 11.4. The number of nitrogens with two attached hydrogens (primary N) is 1. The summed E-state index contributed by atoms with van der Waals surface area (Å²) in [4.78, 5) is 11.4. The minimum Gasteiger partial charge on any atom is -0.453 e. The first-order chi connectivity index (χ1) is 11.7.